The van der Waals surface area contributed by atoms with Crippen LogP contribution in [0.1, 0.15) is 44.7 Å². The van der Waals surface area contributed by atoms with E-state index in [1.807, 2.05) is 12.1 Å². The van der Waals surface area contributed by atoms with E-state index in [4.69, 9.17) is 11.6 Å². The number of nitrogens with zero attached hydrogens (tertiary/aromatic N) is 3. The molecular weight excluding hydrogens is 390 g/mol. The molecule has 0 amide bonds. The van der Waals surface area contributed by atoms with Gasteiger partial charge in [0.05, 0.1) is 0 Å². The highest BCUT2D eigenvalue weighted by atomic mass is 35.5. The van der Waals surface area contributed by atoms with Crippen molar-refractivity contribution >= 4 is 17.3 Å². The number of rotatable bonds is 3. The molecule has 162 valence electrons. The molecule has 1 saturated heterocycles. The first-order valence-electron chi connectivity index (χ1n) is 11.4. The zero-order valence-electron chi connectivity index (χ0n) is 18.9. The summed E-state index contributed by atoms with van der Waals surface area (Å²) < 4.78 is 0. The Labute approximate surface area is 187 Å². The largest absolute Gasteiger partial charge is 0.373 e. The number of hydrogen-bond acceptors (Lipinski definition) is 3. The minimum atomic E-state index is 0.263. The topological polar surface area (TPSA) is 9.72 Å². The van der Waals surface area contributed by atoms with Crippen LogP contribution in [0, 0.1) is 0 Å². The van der Waals surface area contributed by atoms with Crippen molar-refractivity contribution in [3.05, 3.63) is 64.7 Å². The third-order valence-corrected chi connectivity index (χ3v) is 7.23. The summed E-state index contributed by atoms with van der Waals surface area (Å²) in [6, 6.07) is 18.5. The average Bonchev–Trinajstić information content (AvgIpc) is 2.86. The van der Waals surface area contributed by atoms with E-state index < -0.39 is 0 Å². The van der Waals surface area contributed by atoms with Crippen LogP contribution >= 0.6 is 11.6 Å². The highest BCUT2D eigenvalue weighted by molar-refractivity contribution is 6.30. The lowest BCUT2D eigenvalue weighted by atomic mass is 9.94. The molecule has 0 spiro atoms. The van der Waals surface area contributed by atoms with Gasteiger partial charge in [0.25, 0.3) is 0 Å². The smallest absolute Gasteiger partial charge is 0.0409 e. The molecule has 0 unspecified atom stereocenters. The minimum absolute atomic E-state index is 0.263. The molecule has 0 aliphatic carbocycles. The van der Waals surface area contributed by atoms with E-state index in [0.29, 0.717) is 12.1 Å². The highest BCUT2D eigenvalue weighted by Gasteiger charge is 2.35. The van der Waals surface area contributed by atoms with Crippen LogP contribution in [0.5, 0.6) is 0 Å². The predicted octanol–water partition coefficient (Wildman–Crippen LogP) is 5.47. The van der Waals surface area contributed by atoms with Crippen molar-refractivity contribution in [1.29, 1.82) is 0 Å². The van der Waals surface area contributed by atoms with Gasteiger partial charge in [0, 0.05) is 61.6 Å². The standard InChI is InChI=1S/C26H36ClN3/c1-26(2,3)29-15-13-23(14-16-29)30-18-21-7-5-6-8-25(21)28(4)19-24(30)17-20-9-11-22(27)12-10-20/h5-12,23-24H,13-19H2,1-4H3/t24-/m0/s1. The second kappa shape index (κ2) is 8.90. The van der Waals surface area contributed by atoms with Crippen molar-refractivity contribution in [2.24, 2.45) is 0 Å². The van der Waals surface area contributed by atoms with Crippen LogP contribution in [0.3, 0.4) is 0 Å². The molecule has 30 heavy (non-hydrogen) atoms. The van der Waals surface area contributed by atoms with Gasteiger partial charge in [-0.3, -0.25) is 9.80 Å². The van der Waals surface area contributed by atoms with Crippen LogP contribution in [0.25, 0.3) is 0 Å². The Kier molecular flexibility index (Phi) is 6.43. The van der Waals surface area contributed by atoms with E-state index in [-0.39, 0.29) is 5.54 Å². The van der Waals surface area contributed by atoms with E-state index >= 15 is 0 Å². The zero-order valence-corrected chi connectivity index (χ0v) is 19.7. The number of anilines is 1. The lowest BCUT2D eigenvalue weighted by Crippen LogP contribution is -2.54. The van der Waals surface area contributed by atoms with Gasteiger partial charge in [0.2, 0.25) is 0 Å². The van der Waals surface area contributed by atoms with Crippen LogP contribution in [0.15, 0.2) is 48.5 Å². The lowest BCUT2D eigenvalue weighted by molar-refractivity contribution is 0.0359. The first kappa shape index (κ1) is 21.7. The first-order valence-corrected chi connectivity index (χ1v) is 11.7. The fourth-order valence-electron chi connectivity index (χ4n) is 5.23. The summed E-state index contributed by atoms with van der Waals surface area (Å²) in [5.41, 5.74) is 4.48. The first-order chi connectivity index (χ1) is 14.3. The second-order valence-corrected chi connectivity index (χ2v) is 10.5. The third-order valence-electron chi connectivity index (χ3n) is 6.98. The number of benzene rings is 2. The molecule has 2 aliphatic rings. The number of halogens is 1. The summed E-state index contributed by atoms with van der Waals surface area (Å²) in [5, 5.41) is 0.815. The molecule has 0 bridgehead atoms. The third kappa shape index (κ3) is 4.85. The van der Waals surface area contributed by atoms with E-state index in [0.717, 1.165) is 24.5 Å². The fourth-order valence-corrected chi connectivity index (χ4v) is 5.36. The minimum Gasteiger partial charge on any atom is -0.373 e. The maximum atomic E-state index is 6.14. The van der Waals surface area contributed by atoms with Crippen molar-refractivity contribution in [2.75, 3.05) is 31.6 Å². The maximum Gasteiger partial charge on any atom is 0.0409 e. The summed E-state index contributed by atoms with van der Waals surface area (Å²) in [7, 11) is 2.25. The molecule has 4 rings (SSSR count). The van der Waals surface area contributed by atoms with Gasteiger partial charge in [-0.2, -0.15) is 0 Å². The predicted molar refractivity (Wildman–Crippen MR) is 129 cm³/mol. The summed E-state index contributed by atoms with van der Waals surface area (Å²) in [4.78, 5) is 7.92. The Morgan fingerprint density at radius 3 is 2.30 bits per heavy atom. The molecule has 4 heteroatoms. The number of hydrogen-bond donors (Lipinski definition) is 0. The van der Waals surface area contributed by atoms with Gasteiger partial charge in [-0.15, -0.1) is 0 Å². The van der Waals surface area contributed by atoms with Crippen molar-refractivity contribution in [3.8, 4) is 0 Å². The van der Waals surface area contributed by atoms with E-state index in [9.17, 15) is 0 Å². The summed E-state index contributed by atoms with van der Waals surface area (Å²) in [5.74, 6) is 0. The molecule has 1 atom stereocenters. The van der Waals surface area contributed by atoms with Crippen LogP contribution in [-0.2, 0) is 13.0 Å². The van der Waals surface area contributed by atoms with Gasteiger partial charge in [0.15, 0.2) is 0 Å². The monoisotopic (exact) mass is 425 g/mol. The van der Waals surface area contributed by atoms with Gasteiger partial charge < -0.3 is 4.90 Å². The maximum absolute atomic E-state index is 6.14. The molecule has 2 heterocycles. The molecule has 1 fully saturated rings. The summed E-state index contributed by atoms with van der Waals surface area (Å²) in [6.07, 6.45) is 3.57. The second-order valence-electron chi connectivity index (χ2n) is 10.1. The molecule has 2 aromatic rings. The van der Waals surface area contributed by atoms with Crippen LogP contribution in [0.4, 0.5) is 5.69 Å². The fraction of sp³-hybridized carbons (Fsp3) is 0.538. The Balaban J connectivity index is 1.58. The molecule has 0 aromatic heterocycles. The molecule has 3 nitrogen and oxygen atoms in total. The van der Waals surface area contributed by atoms with E-state index in [1.165, 1.54) is 42.7 Å². The van der Waals surface area contributed by atoms with Crippen molar-refractivity contribution in [3.63, 3.8) is 0 Å². The number of fused-ring (bicyclic) bond motifs is 1. The Morgan fingerprint density at radius 2 is 1.63 bits per heavy atom. The van der Waals surface area contributed by atoms with E-state index in [1.54, 1.807) is 0 Å². The molecule has 2 aliphatic heterocycles. The quantitative estimate of drug-likeness (QED) is 0.645. The van der Waals surface area contributed by atoms with Gasteiger partial charge >= 0.3 is 0 Å². The molecular formula is C26H36ClN3. The SMILES string of the molecule is CN1C[C@H](Cc2ccc(Cl)cc2)N(C2CCN(C(C)(C)C)CC2)Cc2ccccc21. The van der Waals surface area contributed by atoms with E-state index in [2.05, 4.69) is 78.9 Å². The van der Waals surface area contributed by atoms with Gasteiger partial charge in [-0.25, -0.2) is 0 Å². The Bertz CT molecular complexity index is 834. The van der Waals surface area contributed by atoms with Gasteiger partial charge in [-0.1, -0.05) is 41.9 Å². The van der Waals surface area contributed by atoms with Crippen molar-refractivity contribution < 1.29 is 0 Å². The van der Waals surface area contributed by atoms with Gasteiger partial charge in [-0.05, 0) is 69.4 Å². The Morgan fingerprint density at radius 1 is 0.967 bits per heavy atom. The van der Waals surface area contributed by atoms with Crippen molar-refractivity contribution in [2.45, 2.75) is 64.2 Å². The Hall–Kier alpha value is -1.55. The zero-order chi connectivity index (χ0) is 21.3. The lowest BCUT2D eigenvalue weighted by Gasteiger charge is -2.45. The summed E-state index contributed by atoms with van der Waals surface area (Å²) >= 11 is 6.14. The molecule has 0 N–H and O–H groups in total. The molecule has 0 saturated carbocycles. The number of likely N-dealkylation sites (N-methyl/N-ethyl adjacent to an activating group) is 1. The number of piperidine rings is 1. The molecule has 0 radical (unpaired) electrons. The van der Waals surface area contributed by atoms with Gasteiger partial charge in [0.1, 0.15) is 0 Å². The highest BCUT2D eigenvalue weighted by Crippen LogP contribution is 2.32. The van der Waals surface area contributed by atoms with Crippen LogP contribution < -0.4 is 4.90 Å². The molecule has 2 aromatic carbocycles. The normalized spacial score (nSPS) is 22.0. The summed E-state index contributed by atoms with van der Waals surface area (Å²) in [6.45, 7) is 11.5. The number of likely N-dealkylation sites (tertiary alicyclic amines) is 1. The average molecular weight is 426 g/mol. The van der Waals surface area contributed by atoms with Crippen molar-refractivity contribution in [1.82, 2.24) is 9.80 Å². The number of para-hydroxylation sites is 1. The van der Waals surface area contributed by atoms with Crippen LogP contribution in [-0.4, -0.2) is 54.1 Å². The van der Waals surface area contributed by atoms with Crippen LogP contribution in [0.2, 0.25) is 5.02 Å².